The van der Waals surface area contributed by atoms with E-state index in [0.717, 1.165) is 5.56 Å². The predicted octanol–water partition coefficient (Wildman–Crippen LogP) is 2.14. The lowest BCUT2D eigenvalue weighted by Crippen LogP contribution is -2.55. The Bertz CT molecular complexity index is 998. The molecular weight excluding hydrogens is 446 g/mol. The number of carbonyl (C=O) groups is 3. The third kappa shape index (κ3) is 6.46. The van der Waals surface area contributed by atoms with Crippen LogP contribution >= 0.6 is 0 Å². The number of amides is 2. The van der Waals surface area contributed by atoms with Gasteiger partial charge in [0, 0.05) is 6.42 Å². The first kappa shape index (κ1) is 26.4. The summed E-state index contributed by atoms with van der Waals surface area (Å²) in [5.41, 5.74) is 1.35. The maximum absolute atomic E-state index is 13.7. The molecule has 1 fully saturated rings. The quantitative estimate of drug-likeness (QED) is 0.505. The van der Waals surface area contributed by atoms with Crippen LogP contribution in [0.2, 0.25) is 0 Å². The molecule has 1 heterocycles. The Labute approximate surface area is 206 Å². The maximum atomic E-state index is 13.7. The second-order valence-corrected chi connectivity index (χ2v) is 9.43. The third-order valence-electron chi connectivity index (χ3n) is 6.30. The van der Waals surface area contributed by atoms with Gasteiger partial charge in [-0.2, -0.15) is 0 Å². The summed E-state index contributed by atoms with van der Waals surface area (Å²) < 4.78 is 4.93. The van der Waals surface area contributed by atoms with Gasteiger partial charge < -0.3 is 20.1 Å². The Morgan fingerprint density at radius 3 is 2.26 bits per heavy atom. The van der Waals surface area contributed by atoms with E-state index in [-0.39, 0.29) is 31.0 Å². The van der Waals surface area contributed by atoms with Crippen LogP contribution in [0.25, 0.3) is 0 Å². The summed E-state index contributed by atoms with van der Waals surface area (Å²) in [7, 11) is 3.10. The Balaban J connectivity index is 1.91. The topological polar surface area (TPSA) is 99.2 Å². The highest BCUT2D eigenvalue weighted by Gasteiger charge is 2.45. The molecule has 0 unspecified atom stereocenters. The number of methoxy groups -OCH3 is 1. The molecule has 2 aromatic rings. The van der Waals surface area contributed by atoms with Crippen LogP contribution in [0.15, 0.2) is 60.7 Å². The number of likely N-dealkylation sites (N-methyl/N-ethyl adjacent to an activating group) is 1. The number of esters is 1. The standard InChI is InChI=1S/C27H35N3O5/c1-18(2)15-22-26(33)30(17-29(22)3)23(24(31)20-13-9-6-10-14-20)25(32)28-21(27(34)35-4)16-19-11-7-5-8-12-19/h5-14,18,21-24,31H,15-17H2,1-4H3,(H,28,32)/t21-,22-,23+,24-/m0/s1. The Morgan fingerprint density at radius 2 is 1.69 bits per heavy atom. The van der Waals surface area contributed by atoms with Gasteiger partial charge in [-0.25, -0.2) is 4.79 Å². The monoisotopic (exact) mass is 481 g/mol. The molecule has 1 aliphatic rings. The molecule has 0 saturated carbocycles. The van der Waals surface area contributed by atoms with Crippen LogP contribution in [0.1, 0.15) is 37.5 Å². The fourth-order valence-electron chi connectivity index (χ4n) is 4.47. The van der Waals surface area contributed by atoms with Gasteiger partial charge in [-0.05, 0) is 30.5 Å². The van der Waals surface area contributed by atoms with Gasteiger partial charge in [-0.15, -0.1) is 0 Å². The molecule has 4 atom stereocenters. The molecule has 8 heteroatoms. The lowest BCUT2D eigenvalue weighted by molar-refractivity contribution is -0.148. The van der Waals surface area contributed by atoms with Crippen molar-refractivity contribution in [3.05, 3.63) is 71.8 Å². The van der Waals surface area contributed by atoms with Gasteiger partial charge in [-0.3, -0.25) is 14.5 Å². The number of aliphatic hydroxyl groups is 1. The third-order valence-corrected chi connectivity index (χ3v) is 6.30. The van der Waals surface area contributed by atoms with Crippen molar-refractivity contribution in [1.82, 2.24) is 15.1 Å². The van der Waals surface area contributed by atoms with Crippen LogP contribution in [0.5, 0.6) is 0 Å². The average molecular weight is 482 g/mol. The number of nitrogens with one attached hydrogen (secondary N) is 1. The second-order valence-electron chi connectivity index (χ2n) is 9.43. The van der Waals surface area contributed by atoms with E-state index in [4.69, 9.17) is 4.74 Å². The number of rotatable bonds is 10. The van der Waals surface area contributed by atoms with Gasteiger partial charge in [0.05, 0.1) is 19.8 Å². The minimum Gasteiger partial charge on any atom is -0.467 e. The molecule has 0 bridgehead atoms. The fraction of sp³-hybridized carbons (Fsp3) is 0.444. The van der Waals surface area contributed by atoms with Gasteiger partial charge in [0.15, 0.2) is 0 Å². The Morgan fingerprint density at radius 1 is 1.09 bits per heavy atom. The van der Waals surface area contributed by atoms with Crippen LogP contribution in [-0.4, -0.2) is 71.6 Å². The minimum atomic E-state index is -1.28. The van der Waals surface area contributed by atoms with E-state index in [2.05, 4.69) is 5.32 Å². The van der Waals surface area contributed by atoms with E-state index in [9.17, 15) is 19.5 Å². The number of nitrogens with zero attached hydrogens (tertiary/aromatic N) is 2. The van der Waals surface area contributed by atoms with Gasteiger partial charge >= 0.3 is 5.97 Å². The largest absolute Gasteiger partial charge is 0.467 e. The lowest BCUT2D eigenvalue weighted by Gasteiger charge is -2.32. The number of aliphatic hydroxyl groups excluding tert-OH is 1. The van der Waals surface area contributed by atoms with Crippen molar-refractivity contribution in [1.29, 1.82) is 0 Å². The van der Waals surface area contributed by atoms with Gasteiger partial charge in [-0.1, -0.05) is 74.5 Å². The first-order chi connectivity index (χ1) is 16.7. The van der Waals surface area contributed by atoms with E-state index in [1.54, 1.807) is 24.3 Å². The van der Waals surface area contributed by atoms with Crippen LogP contribution in [0.3, 0.4) is 0 Å². The molecule has 2 aromatic carbocycles. The summed E-state index contributed by atoms with van der Waals surface area (Å²) in [6.45, 7) is 4.27. The summed E-state index contributed by atoms with van der Waals surface area (Å²) in [6.07, 6.45) is -0.418. The molecule has 188 valence electrons. The summed E-state index contributed by atoms with van der Waals surface area (Å²) in [4.78, 5) is 42.9. The van der Waals surface area contributed by atoms with Crippen molar-refractivity contribution in [3.63, 3.8) is 0 Å². The number of carbonyl (C=O) groups excluding carboxylic acids is 3. The predicted molar refractivity (Wildman–Crippen MR) is 132 cm³/mol. The van der Waals surface area contributed by atoms with E-state index < -0.39 is 30.1 Å². The molecule has 8 nitrogen and oxygen atoms in total. The molecular formula is C27H35N3O5. The molecule has 0 spiro atoms. The lowest BCUT2D eigenvalue weighted by atomic mass is 9.98. The smallest absolute Gasteiger partial charge is 0.328 e. The molecule has 2 N–H and O–H groups in total. The molecule has 1 saturated heterocycles. The molecule has 1 aliphatic heterocycles. The zero-order valence-electron chi connectivity index (χ0n) is 20.8. The molecule has 3 rings (SSSR count). The summed E-state index contributed by atoms with van der Waals surface area (Å²) >= 11 is 0. The zero-order valence-corrected chi connectivity index (χ0v) is 20.8. The van der Waals surface area contributed by atoms with Crippen molar-refractivity contribution in [2.24, 2.45) is 5.92 Å². The minimum absolute atomic E-state index is 0.194. The van der Waals surface area contributed by atoms with Crippen molar-refractivity contribution in [3.8, 4) is 0 Å². The summed E-state index contributed by atoms with van der Waals surface area (Å²) in [5, 5.41) is 14.0. The number of hydrogen-bond acceptors (Lipinski definition) is 6. The molecule has 35 heavy (non-hydrogen) atoms. The van der Waals surface area contributed by atoms with Crippen molar-refractivity contribution in [2.45, 2.75) is 50.9 Å². The van der Waals surface area contributed by atoms with Crippen LogP contribution in [0, 0.1) is 5.92 Å². The van der Waals surface area contributed by atoms with Gasteiger partial charge in [0.25, 0.3) is 0 Å². The van der Waals surface area contributed by atoms with Crippen molar-refractivity contribution >= 4 is 17.8 Å². The average Bonchev–Trinajstić information content (AvgIpc) is 3.12. The molecule has 0 aromatic heterocycles. The van der Waals surface area contributed by atoms with E-state index in [0.29, 0.717) is 12.0 Å². The number of hydrogen-bond donors (Lipinski definition) is 2. The first-order valence-electron chi connectivity index (χ1n) is 11.9. The SMILES string of the molecule is COC(=O)[C@H](Cc1ccccc1)NC(=O)[C@@H]([C@@H](O)c1ccccc1)N1CN(C)[C@@H](CC(C)C)C1=O. The molecule has 0 aliphatic carbocycles. The van der Waals surface area contributed by atoms with Crippen molar-refractivity contribution < 1.29 is 24.2 Å². The fourth-order valence-corrected chi connectivity index (χ4v) is 4.47. The summed E-state index contributed by atoms with van der Waals surface area (Å²) in [6, 6.07) is 15.5. The van der Waals surface area contributed by atoms with Crippen molar-refractivity contribution in [2.75, 3.05) is 20.8 Å². The highest BCUT2D eigenvalue weighted by Crippen LogP contribution is 2.28. The van der Waals surface area contributed by atoms with Gasteiger partial charge in [0.2, 0.25) is 11.8 Å². The number of ether oxygens (including phenoxy) is 1. The highest BCUT2D eigenvalue weighted by atomic mass is 16.5. The second kappa shape index (κ2) is 12.0. The summed E-state index contributed by atoms with van der Waals surface area (Å²) in [5.74, 6) is -1.14. The Kier molecular flexibility index (Phi) is 9.01. The van der Waals surface area contributed by atoms with E-state index >= 15 is 0 Å². The normalized spacial score (nSPS) is 18.9. The van der Waals surface area contributed by atoms with E-state index in [1.165, 1.54) is 12.0 Å². The van der Waals surface area contributed by atoms with Crippen LogP contribution in [0.4, 0.5) is 0 Å². The Hall–Kier alpha value is -3.23. The van der Waals surface area contributed by atoms with Crippen LogP contribution < -0.4 is 5.32 Å². The number of benzene rings is 2. The zero-order chi connectivity index (χ0) is 25.5. The van der Waals surface area contributed by atoms with E-state index in [1.807, 2.05) is 62.2 Å². The van der Waals surface area contributed by atoms with Crippen LogP contribution in [-0.2, 0) is 25.5 Å². The molecule has 0 radical (unpaired) electrons. The highest BCUT2D eigenvalue weighted by molar-refractivity contribution is 5.93. The van der Waals surface area contributed by atoms with Gasteiger partial charge in [0.1, 0.15) is 18.2 Å². The first-order valence-corrected chi connectivity index (χ1v) is 11.9. The maximum Gasteiger partial charge on any atom is 0.328 e. The molecule has 2 amide bonds.